The van der Waals surface area contributed by atoms with Crippen molar-refractivity contribution in [3.05, 3.63) is 23.2 Å². The Balaban J connectivity index is 1.99. The van der Waals surface area contributed by atoms with Crippen LogP contribution in [0.2, 0.25) is 0 Å². The number of hydrogen-bond donors (Lipinski definition) is 0. The Labute approximate surface area is 168 Å². The van der Waals surface area contributed by atoms with Crippen molar-refractivity contribution in [1.29, 1.82) is 0 Å². The number of hydrogen-bond acceptors (Lipinski definition) is 6. The molecular formula is C20H26N2O3S2. The molecule has 1 amide bonds. The van der Waals surface area contributed by atoms with Gasteiger partial charge in [-0.15, -0.1) is 22.7 Å². The minimum absolute atomic E-state index is 0.0273. The molecule has 5 nitrogen and oxygen atoms in total. The summed E-state index contributed by atoms with van der Waals surface area (Å²) in [5.41, 5.74) is 0.443. The number of nitrogens with zero attached hydrogens (tertiary/aromatic N) is 2. The zero-order valence-corrected chi connectivity index (χ0v) is 17.9. The first-order chi connectivity index (χ1) is 12.9. The van der Waals surface area contributed by atoms with Gasteiger partial charge in [-0.2, -0.15) is 0 Å². The summed E-state index contributed by atoms with van der Waals surface area (Å²) in [4.78, 5) is 32.8. The third-order valence-corrected chi connectivity index (χ3v) is 7.18. The van der Waals surface area contributed by atoms with E-state index in [-0.39, 0.29) is 17.9 Å². The second-order valence-corrected chi connectivity index (χ2v) is 9.34. The molecule has 146 valence electrons. The van der Waals surface area contributed by atoms with Crippen LogP contribution in [0.5, 0.6) is 0 Å². The van der Waals surface area contributed by atoms with Crippen molar-refractivity contribution < 1.29 is 14.3 Å². The predicted molar refractivity (Wildman–Crippen MR) is 111 cm³/mol. The van der Waals surface area contributed by atoms with Gasteiger partial charge < -0.3 is 9.64 Å². The molecule has 0 bridgehead atoms. The Morgan fingerprint density at radius 3 is 2.52 bits per heavy atom. The lowest BCUT2D eigenvalue weighted by molar-refractivity contribution is -0.123. The third kappa shape index (κ3) is 4.24. The normalized spacial score (nSPS) is 19.9. The minimum Gasteiger partial charge on any atom is -0.465 e. The number of esters is 1. The number of thiophene rings is 1. The van der Waals surface area contributed by atoms with Crippen molar-refractivity contribution in [1.82, 2.24) is 4.98 Å². The quantitative estimate of drug-likeness (QED) is 0.638. The molecule has 0 N–H and O–H groups in total. The monoisotopic (exact) mass is 406 g/mol. The van der Waals surface area contributed by atoms with E-state index in [0.717, 1.165) is 35.6 Å². The number of methoxy groups -OCH3 is 1. The molecule has 0 aromatic carbocycles. The first kappa shape index (κ1) is 20.0. The largest absolute Gasteiger partial charge is 0.465 e. The highest BCUT2D eigenvalue weighted by Gasteiger charge is 2.34. The number of amides is 1. The number of anilines is 1. The van der Waals surface area contributed by atoms with Crippen molar-refractivity contribution in [3.8, 4) is 9.88 Å². The van der Waals surface area contributed by atoms with Gasteiger partial charge in [0.1, 0.15) is 10.0 Å². The van der Waals surface area contributed by atoms with Gasteiger partial charge in [-0.1, -0.05) is 6.92 Å². The van der Waals surface area contributed by atoms with Gasteiger partial charge in [0.2, 0.25) is 5.91 Å². The summed E-state index contributed by atoms with van der Waals surface area (Å²) in [5.74, 6) is 0.416. The summed E-state index contributed by atoms with van der Waals surface area (Å²) in [6.07, 6.45) is 5.75. The molecule has 0 radical (unpaired) electrons. The lowest BCUT2D eigenvalue weighted by atomic mass is 9.82. The van der Waals surface area contributed by atoms with Crippen LogP contribution in [0.15, 0.2) is 17.6 Å². The number of carbonyl (C=O) groups excluding carboxylic acids is 2. The van der Waals surface area contributed by atoms with E-state index in [0.29, 0.717) is 16.5 Å². The molecule has 1 saturated carbocycles. The Kier molecular flexibility index (Phi) is 6.32. The molecule has 0 unspecified atom stereocenters. The van der Waals surface area contributed by atoms with E-state index in [9.17, 15) is 9.59 Å². The van der Waals surface area contributed by atoms with Crippen LogP contribution in [-0.2, 0) is 9.53 Å². The molecule has 7 heteroatoms. The van der Waals surface area contributed by atoms with Crippen LogP contribution in [0, 0.1) is 11.8 Å². The Hall–Kier alpha value is -1.73. The maximum absolute atomic E-state index is 13.4. The summed E-state index contributed by atoms with van der Waals surface area (Å²) in [5, 5.41) is 3.42. The maximum atomic E-state index is 13.4. The van der Waals surface area contributed by atoms with Crippen molar-refractivity contribution in [3.63, 3.8) is 0 Å². The second kappa shape index (κ2) is 8.52. The smallest absolute Gasteiger partial charge is 0.340 e. The van der Waals surface area contributed by atoms with E-state index >= 15 is 0 Å². The van der Waals surface area contributed by atoms with Crippen molar-refractivity contribution in [2.45, 2.75) is 52.5 Å². The summed E-state index contributed by atoms with van der Waals surface area (Å²) in [7, 11) is 1.37. The van der Waals surface area contributed by atoms with E-state index < -0.39 is 5.97 Å². The molecule has 3 rings (SSSR count). The van der Waals surface area contributed by atoms with Gasteiger partial charge in [0.15, 0.2) is 0 Å². The molecule has 1 fully saturated rings. The topological polar surface area (TPSA) is 59.5 Å². The van der Waals surface area contributed by atoms with Crippen LogP contribution in [0.1, 0.15) is 56.8 Å². The lowest BCUT2D eigenvalue weighted by Crippen LogP contribution is -2.42. The van der Waals surface area contributed by atoms with Crippen LogP contribution < -0.4 is 4.90 Å². The van der Waals surface area contributed by atoms with Crippen molar-refractivity contribution in [2.75, 3.05) is 12.0 Å². The average Bonchev–Trinajstić information content (AvgIpc) is 3.31. The number of aromatic nitrogens is 1. The van der Waals surface area contributed by atoms with Crippen LogP contribution >= 0.6 is 22.7 Å². The van der Waals surface area contributed by atoms with E-state index in [4.69, 9.17) is 4.74 Å². The first-order valence-electron chi connectivity index (χ1n) is 9.37. The van der Waals surface area contributed by atoms with Gasteiger partial charge in [-0.3, -0.25) is 4.79 Å². The molecule has 2 aromatic heterocycles. The number of thiazole rings is 1. The number of carbonyl (C=O) groups is 2. The van der Waals surface area contributed by atoms with E-state index in [1.807, 2.05) is 19.2 Å². The van der Waals surface area contributed by atoms with Crippen molar-refractivity contribution in [2.24, 2.45) is 11.8 Å². The fourth-order valence-corrected chi connectivity index (χ4v) is 5.55. The van der Waals surface area contributed by atoms with Gasteiger partial charge >= 0.3 is 5.97 Å². The Morgan fingerprint density at radius 2 is 1.96 bits per heavy atom. The molecule has 0 atom stereocenters. The fraction of sp³-hybridized carbons (Fsp3) is 0.550. The predicted octanol–water partition coefficient (Wildman–Crippen LogP) is 5.23. The standard InChI is InChI=1S/C20H26N2O3S2/c1-12(2)22(18(23)14-7-5-13(3)6-8-14)19-15(20(24)25-4)11-16(27-19)17-21-9-10-26-17/h9-14H,5-8H2,1-4H3/t13-,14-. The first-order valence-corrected chi connectivity index (χ1v) is 11.1. The van der Waals surface area contributed by atoms with Gasteiger partial charge in [0.25, 0.3) is 0 Å². The highest BCUT2D eigenvalue weighted by molar-refractivity contribution is 7.23. The van der Waals surface area contributed by atoms with E-state index in [1.165, 1.54) is 29.8 Å². The molecule has 1 aliphatic carbocycles. The van der Waals surface area contributed by atoms with Gasteiger partial charge in [-0.25, -0.2) is 9.78 Å². The number of ether oxygens (including phenoxy) is 1. The SMILES string of the molecule is COC(=O)c1cc(-c2nccs2)sc1N(C(=O)[C@H]1CC[C@H](C)CC1)C(C)C. The van der Waals surface area contributed by atoms with Crippen LogP contribution in [0.3, 0.4) is 0 Å². The summed E-state index contributed by atoms with van der Waals surface area (Å²) >= 11 is 2.96. The lowest BCUT2D eigenvalue weighted by Gasteiger charge is -2.33. The second-order valence-electron chi connectivity index (χ2n) is 7.42. The Morgan fingerprint density at radius 1 is 1.26 bits per heavy atom. The summed E-state index contributed by atoms with van der Waals surface area (Å²) in [6.45, 7) is 6.23. The molecule has 27 heavy (non-hydrogen) atoms. The zero-order chi connectivity index (χ0) is 19.6. The highest BCUT2D eigenvalue weighted by Crippen LogP contribution is 2.41. The van der Waals surface area contributed by atoms with Gasteiger partial charge in [0.05, 0.1) is 17.6 Å². The molecule has 2 heterocycles. The minimum atomic E-state index is -0.417. The average molecular weight is 407 g/mol. The zero-order valence-electron chi connectivity index (χ0n) is 16.2. The molecule has 2 aromatic rings. The van der Waals surface area contributed by atoms with E-state index in [1.54, 1.807) is 17.2 Å². The maximum Gasteiger partial charge on any atom is 0.340 e. The molecular weight excluding hydrogens is 380 g/mol. The number of rotatable bonds is 5. The summed E-state index contributed by atoms with van der Waals surface area (Å²) < 4.78 is 4.99. The van der Waals surface area contributed by atoms with Crippen LogP contribution in [-0.4, -0.2) is 30.0 Å². The molecule has 0 spiro atoms. The Bertz CT molecular complexity index is 790. The van der Waals surface area contributed by atoms with Crippen LogP contribution in [0.25, 0.3) is 9.88 Å². The van der Waals surface area contributed by atoms with Gasteiger partial charge in [0, 0.05) is 23.5 Å². The van der Waals surface area contributed by atoms with Crippen LogP contribution in [0.4, 0.5) is 5.00 Å². The summed E-state index contributed by atoms with van der Waals surface area (Å²) in [6, 6.07) is 1.76. The molecule has 0 saturated heterocycles. The molecule has 0 aliphatic heterocycles. The van der Waals surface area contributed by atoms with E-state index in [2.05, 4.69) is 11.9 Å². The van der Waals surface area contributed by atoms with Crippen molar-refractivity contribution >= 4 is 39.6 Å². The van der Waals surface area contributed by atoms with Gasteiger partial charge in [-0.05, 0) is 51.5 Å². The fourth-order valence-electron chi connectivity index (χ4n) is 3.56. The highest BCUT2D eigenvalue weighted by atomic mass is 32.1. The third-order valence-electron chi connectivity index (χ3n) is 5.10. The molecule has 1 aliphatic rings.